The summed E-state index contributed by atoms with van der Waals surface area (Å²) in [6.45, 7) is 2.34. The molecule has 0 saturated carbocycles. The van der Waals surface area contributed by atoms with Crippen LogP contribution >= 0.6 is 0 Å². The zero-order chi connectivity index (χ0) is 17.8. The van der Waals surface area contributed by atoms with Gasteiger partial charge in [-0.2, -0.15) is 23.8 Å². The maximum absolute atomic E-state index is 3.67. The smallest absolute Gasteiger partial charge is 0 e. The average Bonchev–Trinajstić information content (AvgIpc) is 3.44. The van der Waals surface area contributed by atoms with Gasteiger partial charge in [-0.05, 0) is 30.7 Å². The van der Waals surface area contributed by atoms with Crippen LogP contribution in [-0.4, -0.2) is 0 Å². The Hall–Kier alpha value is -1.60. The van der Waals surface area contributed by atoms with E-state index in [-0.39, 0.29) is 63.0 Å². The maximum Gasteiger partial charge on any atom is 0 e. The van der Waals surface area contributed by atoms with Gasteiger partial charge < -0.3 is 37.1 Å². The number of hydrogen-bond donors (Lipinski definition) is 0. The molecule has 2 aliphatic carbocycles. The monoisotopic (exact) mass is 593 g/mol. The third kappa shape index (κ3) is 8.07. The van der Waals surface area contributed by atoms with Crippen molar-refractivity contribution in [2.45, 2.75) is 44.9 Å². The van der Waals surface area contributed by atoms with Gasteiger partial charge in [0.25, 0.3) is 0 Å². The number of allylic oxidation sites excluding steroid dienone is 2. The number of rotatable bonds is 3. The standard InChI is InChI=1S/C21H21.C5H5.5CH3.Hf/c1-15(16-6-3-2-4-7-16)14-19-13-12-18-11-10-17-8-5-9-20(17)21(18)19;1-2-4-5-3-1;;;;;;/h2-4,6-7,10-11,15H,5,8-9,12,14H2,1H3;1-5H;5*1H3;/q7*-1;. The average molecular weight is 592 g/mol. The Bertz CT molecular complexity index is 855. The van der Waals surface area contributed by atoms with E-state index in [4.69, 9.17) is 0 Å². The van der Waals surface area contributed by atoms with Crippen molar-refractivity contribution in [3.63, 3.8) is 0 Å². The van der Waals surface area contributed by atoms with Crippen molar-refractivity contribution in [2.75, 3.05) is 0 Å². The van der Waals surface area contributed by atoms with Crippen LogP contribution < -0.4 is 0 Å². The third-order valence-electron chi connectivity index (χ3n) is 5.60. The number of aryl methyl sites for hydroxylation is 1. The van der Waals surface area contributed by atoms with Gasteiger partial charge in [0.15, 0.2) is 0 Å². The molecule has 32 heavy (non-hydrogen) atoms. The first-order valence-electron chi connectivity index (χ1n) is 9.78. The number of fused-ring (bicyclic) bond motifs is 3. The summed E-state index contributed by atoms with van der Waals surface area (Å²) in [6.07, 6.45) is 9.66. The van der Waals surface area contributed by atoms with Gasteiger partial charge >= 0.3 is 0 Å². The van der Waals surface area contributed by atoms with Gasteiger partial charge in [-0.25, -0.2) is 17.7 Å². The first kappa shape index (κ1) is 35.0. The summed E-state index contributed by atoms with van der Waals surface area (Å²) in [5.41, 5.74) is 9.20. The molecule has 0 amide bonds. The van der Waals surface area contributed by atoms with E-state index in [0.29, 0.717) is 5.92 Å². The molecule has 0 N–H and O–H groups in total. The minimum absolute atomic E-state index is 0. The fraction of sp³-hybridized carbons (Fsp3) is 0.226. The zero-order valence-electron chi connectivity index (χ0n) is 21.0. The molecule has 0 spiro atoms. The van der Waals surface area contributed by atoms with E-state index in [2.05, 4.69) is 55.5 Å². The molecule has 0 saturated heterocycles. The maximum atomic E-state index is 3.67. The Balaban J connectivity index is -0.000000686. The normalized spacial score (nSPS) is 12.6. The van der Waals surface area contributed by atoms with Crippen LogP contribution in [-0.2, 0) is 45.1 Å². The van der Waals surface area contributed by atoms with Gasteiger partial charge in [-0.3, -0.25) is 6.08 Å². The molecule has 0 heterocycles. The van der Waals surface area contributed by atoms with Gasteiger partial charge in [0.2, 0.25) is 0 Å². The molecule has 0 fully saturated rings. The van der Waals surface area contributed by atoms with Gasteiger partial charge in [0.05, 0.1) is 0 Å². The van der Waals surface area contributed by atoms with Crippen LogP contribution in [0, 0.1) is 43.2 Å². The van der Waals surface area contributed by atoms with E-state index in [0.717, 1.165) is 12.8 Å². The van der Waals surface area contributed by atoms with Gasteiger partial charge in [-0.1, -0.05) is 61.4 Å². The Morgan fingerprint density at radius 3 is 2.03 bits per heavy atom. The van der Waals surface area contributed by atoms with E-state index in [1.54, 1.807) is 16.7 Å². The molecule has 176 valence electrons. The SMILES string of the molecule is CC(CC1=[C-]Cc2ccc3c(c21)CCC3)c1ccccc1.[CH3-].[CH3-].[CH3-].[CH3-].[CH3-].[Hf].c1cc[cH-]c1. The largest absolute Gasteiger partial charge is 0.358 e. The minimum Gasteiger partial charge on any atom is -0.358 e. The summed E-state index contributed by atoms with van der Waals surface area (Å²) in [5, 5.41) is 0. The van der Waals surface area contributed by atoms with E-state index < -0.39 is 0 Å². The van der Waals surface area contributed by atoms with Crippen LogP contribution in [0.5, 0.6) is 0 Å². The first-order valence-corrected chi connectivity index (χ1v) is 9.78. The summed E-state index contributed by atoms with van der Waals surface area (Å²) in [4.78, 5) is 0. The predicted molar refractivity (Wildman–Crippen MR) is 142 cm³/mol. The Morgan fingerprint density at radius 2 is 1.44 bits per heavy atom. The minimum atomic E-state index is 0. The Morgan fingerprint density at radius 1 is 0.812 bits per heavy atom. The molecule has 1 unspecified atom stereocenters. The van der Waals surface area contributed by atoms with Crippen molar-refractivity contribution in [1.82, 2.24) is 0 Å². The molecule has 3 aromatic carbocycles. The molecule has 5 rings (SSSR count). The fourth-order valence-corrected chi connectivity index (χ4v) is 4.23. The van der Waals surface area contributed by atoms with Crippen LogP contribution in [0.3, 0.4) is 0 Å². The molecule has 3 aromatic rings. The van der Waals surface area contributed by atoms with Crippen LogP contribution in [0.25, 0.3) is 5.57 Å². The topological polar surface area (TPSA) is 0 Å². The molecule has 0 aliphatic heterocycles. The van der Waals surface area contributed by atoms with Gasteiger partial charge in [-0.15, -0.1) is 17.5 Å². The summed E-state index contributed by atoms with van der Waals surface area (Å²) in [5.74, 6) is 0.567. The van der Waals surface area contributed by atoms with Crippen LogP contribution in [0.1, 0.15) is 53.5 Å². The number of hydrogen-bond acceptors (Lipinski definition) is 0. The molecular formula is C31H41Hf-7. The quantitative estimate of drug-likeness (QED) is 0.211. The van der Waals surface area contributed by atoms with Crippen LogP contribution in [0.15, 0.2) is 72.8 Å². The zero-order valence-corrected chi connectivity index (χ0v) is 24.6. The van der Waals surface area contributed by atoms with E-state index in [1.807, 2.05) is 30.3 Å². The second kappa shape index (κ2) is 17.0. The molecule has 2 aliphatic rings. The molecule has 1 atom stereocenters. The summed E-state index contributed by atoms with van der Waals surface area (Å²) in [7, 11) is 0. The predicted octanol–water partition coefficient (Wildman–Crippen LogP) is 8.77. The Labute approximate surface area is 219 Å². The van der Waals surface area contributed by atoms with Crippen molar-refractivity contribution in [3.8, 4) is 0 Å². The third-order valence-corrected chi connectivity index (χ3v) is 5.60. The van der Waals surface area contributed by atoms with Crippen molar-refractivity contribution in [2.24, 2.45) is 0 Å². The van der Waals surface area contributed by atoms with E-state index >= 15 is 0 Å². The van der Waals surface area contributed by atoms with Gasteiger partial charge in [0.1, 0.15) is 0 Å². The number of benzene rings is 2. The molecule has 0 bridgehead atoms. The van der Waals surface area contributed by atoms with E-state index in [1.165, 1.54) is 36.0 Å². The summed E-state index contributed by atoms with van der Waals surface area (Å²) < 4.78 is 0. The second-order valence-electron chi connectivity index (χ2n) is 7.40. The molecule has 1 heteroatoms. The van der Waals surface area contributed by atoms with Crippen molar-refractivity contribution in [3.05, 3.63) is 144 Å². The Kier molecular flexibility index (Phi) is 18.5. The van der Waals surface area contributed by atoms with Crippen LogP contribution in [0.2, 0.25) is 0 Å². The summed E-state index contributed by atoms with van der Waals surface area (Å²) >= 11 is 0. The van der Waals surface area contributed by atoms with Crippen molar-refractivity contribution in [1.29, 1.82) is 0 Å². The first-order chi connectivity index (χ1) is 12.8. The van der Waals surface area contributed by atoms with Crippen molar-refractivity contribution >= 4 is 5.57 Å². The fourth-order valence-electron chi connectivity index (χ4n) is 4.23. The van der Waals surface area contributed by atoms with E-state index in [9.17, 15) is 0 Å². The molecular weight excluding hydrogens is 551 g/mol. The van der Waals surface area contributed by atoms with Crippen molar-refractivity contribution < 1.29 is 25.8 Å². The molecule has 0 radical (unpaired) electrons. The van der Waals surface area contributed by atoms with Gasteiger partial charge in [0, 0.05) is 25.8 Å². The van der Waals surface area contributed by atoms with Crippen LogP contribution in [0.4, 0.5) is 0 Å². The molecule has 0 nitrogen and oxygen atoms in total. The molecule has 0 aromatic heterocycles. The second-order valence-corrected chi connectivity index (χ2v) is 7.40. The summed E-state index contributed by atoms with van der Waals surface area (Å²) in [6, 6.07) is 25.6.